The monoisotopic (exact) mass is 378 g/mol. The van der Waals surface area contributed by atoms with Gasteiger partial charge in [0.15, 0.2) is 5.76 Å². The van der Waals surface area contributed by atoms with Crippen molar-refractivity contribution >= 4 is 21.5 Å². The van der Waals surface area contributed by atoms with Crippen molar-refractivity contribution in [3.05, 3.63) is 83.4 Å². The molecule has 1 aliphatic heterocycles. The lowest BCUT2D eigenvalue weighted by Crippen LogP contribution is -1.96. The second kappa shape index (κ2) is 6.93. The molecule has 0 radical (unpaired) electrons. The number of aromatic hydroxyl groups is 1. The highest BCUT2D eigenvalue weighted by Crippen LogP contribution is 2.44. The van der Waals surface area contributed by atoms with Crippen LogP contribution in [0.25, 0.3) is 10.7 Å². The highest BCUT2D eigenvalue weighted by Gasteiger charge is 2.32. The van der Waals surface area contributed by atoms with Crippen molar-refractivity contribution in [2.45, 2.75) is 11.8 Å². The standard InChI is InChI=1S/C22H18O4S/c1-14-3-5-15(6-4-14)22-21(26-17-9-7-16(23)8-10-17)19-12-11-18(25-2)13-20(19)27(22)24/h3-13,23H,1-2H3. The Bertz CT molecular complexity index is 1050. The van der Waals surface area contributed by atoms with E-state index in [-0.39, 0.29) is 5.75 Å². The molecular formula is C22H18O4S. The SMILES string of the molecule is COc1ccc2c(c1)S(=O)C(c1ccc(C)cc1)=C2Oc1ccc(O)cc1. The number of fused-ring (bicyclic) bond motifs is 1. The molecule has 1 unspecified atom stereocenters. The summed E-state index contributed by atoms with van der Waals surface area (Å²) < 4.78 is 24.7. The van der Waals surface area contributed by atoms with Crippen molar-refractivity contribution < 1.29 is 18.8 Å². The number of hydrogen-bond donors (Lipinski definition) is 1. The van der Waals surface area contributed by atoms with Crippen LogP contribution in [0.15, 0.2) is 71.6 Å². The highest BCUT2D eigenvalue weighted by atomic mass is 32.2. The van der Waals surface area contributed by atoms with Gasteiger partial charge >= 0.3 is 0 Å². The number of benzene rings is 3. The third-order valence-corrected chi connectivity index (χ3v) is 5.92. The summed E-state index contributed by atoms with van der Waals surface area (Å²) in [7, 11) is 0.197. The summed E-state index contributed by atoms with van der Waals surface area (Å²) in [6.07, 6.45) is 0. The summed E-state index contributed by atoms with van der Waals surface area (Å²) in [6, 6.07) is 19.8. The minimum Gasteiger partial charge on any atom is -0.508 e. The van der Waals surface area contributed by atoms with E-state index in [0.717, 1.165) is 16.7 Å². The number of methoxy groups -OCH3 is 1. The summed E-state index contributed by atoms with van der Waals surface area (Å²) in [5.74, 6) is 1.93. The van der Waals surface area contributed by atoms with E-state index < -0.39 is 10.8 Å². The van der Waals surface area contributed by atoms with E-state index in [1.807, 2.05) is 43.3 Å². The maximum atomic E-state index is 13.3. The van der Waals surface area contributed by atoms with E-state index in [0.29, 0.717) is 27.1 Å². The molecule has 3 aromatic rings. The van der Waals surface area contributed by atoms with Crippen molar-refractivity contribution in [3.8, 4) is 17.2 Å². The first-order valence-corrected chi connectivity index (χ1v) is 9.60. The van der Waals surface area contributed by atoms with Gasteiger partial charge in [-0.2, -0.15) is 0 Å². The van der Waals surface area contributed by atoms with Gasteiger partial charge in [-0.1, -0.05) is 29.8 Å². The summed E-state index contributed by atoms with van der Waals surface area (Å²) in [5, 5.41) is 9.50. The Balaban J connectivity index is 1.87. The Hall–Kier alpha value is -3.05. The number of ether oxygens (including phenoxy) is 2. The predicted octanol–water partition coefficient (Wildman–Crippen LogP) is 4.74. The van der Waals surface area contributed by atoms with Gasteiger partial charge in [0.2, 0.25) is 0 Å². The van der Waals surface area contributed by atoms with Crippen LogP contribution in [0, 0.1) is 6.92 Å². The van der Waals surface area contributed by atoms with E-state index in [1.165, 1.54) is 0 Å². The zero-order valence-electron chi connectivity index (χ0n) is 14.9. The third-order valence-electron chi connectivity index (χ3n) is 4.40. The molecule has 3 aromatic carbocycles. The van der Waals surface area contributed by atoms with Gasteiger partial charge in [0.1, 0.15) is 17.2 Å². The molecule has 4 nitrogen and oxygen atoms in total. The first-order valence-electron chi connectivity index (χ1n) is 8.45. The van der Waals surface area contributed by atoms with Crippen molar-refractivity contribution in [2.24, 2.45) is 0 Å². The predicted molar refractivity (Wildman–Crippen MR) is 106 cm³/mol. The Morgan fingerprint density at radius 1 is 0.889 bits per heavy atom. The Morgan fingerprint density at radius 3 is 2.22 bits per heavy atom. The minimum atomic E-state index is -1.39. The van der Waals surface area contributed by atoms with E-state index >= 15 is 0 Å². The largest absolute Gasteiger partial charge is 0.508 e. The quantitative estimate of drug-likeness (QED) is 0.713. The molecule has 0 saturated carbocycles. The molecule has 27 heavy (non-hydrogen) atoms. The molecule has 1 atom stereocenters. The van der Waals surface area contributed by atoms with Gasteiger partial charge in [-0.25, -0.2) is 4.21 Å². The van der Waals surface area contributed by atoms with Gasteiger partial charge in [0.05, 0.1) is 27.7 Å². The normalized spacial score (nSPS) is 15.6. The average Bonchev–Trinajstić information content (AvgIpc) is 2.95. The van der Waals surface area contributed by atoms with Crippen molar-refractivity contribution in [1.29, 1.82) is 0 Å². The minimum absolute atomic E-state index is 0.162. The van der Waals surface area contributed by atoms with Crippen LogP contribution in [-0.2, 0) is 10.8 Å². The molecule has 0 spiro atoms. The Kier molecular flexibility index (Phi) is 4.46. The maximum Gasteiger partial charge on any atom is 0.152 e. The van der Waals surface area contributed by atoms with Crippen LogP contribution in [0.1, 0.15) is 16.7 Å². The summed E-state index contributed by atoms with van der Waals surface area (Å²) in [4.78, 5) is 1.30. The second-order valence-electron chi connectivity index (χ2n) is 6.25. The molecular weight excluding hydrogens is 360 g/mol. The molecule has 0 aromatic heterocycles. The van der Waals surface area contributed by atoms with Gasteiger partial charge in [0, 0.05) is 5.56 Å². The second-order valence-corrected chi connectivity index (χ2v) is 7.64. The van der Waals surface area contributed by atoms with Crippen LogP contribution in [0.2, 0.25) is 0 Å². The van der Waals surface area contributed by atoms with Gasteiger partial charge in [-0.05, 0) is 55.0 Å². The smallest absolute Gasteiger partial charge is 0.152 e. The molecule has 0 amide bonds. The first-order chi connectivity index (χ1) is 13.1. The fourth-order valence-corrected chi connectivity index (χ4v) is 4.44. The van der Waals surface area contributed by atoms with Crippen LogP contribution in [0.3, 0.4) is 0 Å². The highest BCUT2D eigenvalue weighted by molar-refractivity contribution is 7.95. The van der Waals surface area contributed by atoms with Crippen molar-refractivity contribution in [3.63, 3.8) is 0 Å². The van der Waals surface area contributed by atoms with Crippen LogP contribution in [0.5, 0.6) is 17.2 Å². The lowest BCUT2D eigenvalue weighted by atomic mass is 10.1. The molecule has 0 saturated heterocycles. The molecule has 1 aliphatic rings. The van der Waals surface area contributed by atoms with Crippen molar-refractivity contribution in [2.75, 3.05) is 7.11 Å². The van der Waals surface area contributed by atoms with E-state index in [2.05, 4.69) is 0 Å². The zero-order valence-corrected chi connectivity index (χ0v) is 15.7. The summed E-state index contributed by atoms with van der Waals surface area (Å²) in [5.41, 5.74) is 2.75. The molecule has 5 heteroatoms. The third kappa shape index (κ3) is 3.22. The van der Waals surface area contributed by atoms with Crippen LogP contribution in [0.4, 0.5) is 0 Å². The van der Waals surface area contributed by atoms with Crippen LogP contribution < -0.4 is 9.47 Å². The zero-order chi connectivity index (χ0) is 19.0. The molecule has 136 valence electrons. The molecule has 1 N–H and O–H groups in total. The number of phenols is 1. The number of phenolic OH excluding ortho intramolecular Hbond substituents is 1. The maximum absolute atomic E-state index is 13.3. The lowest BCUT2D eigenvalue weighted by molar-refractivity contribution is 0.413. The van der Waals surface area contributed by atoms with Gasteiger partial charge in [-0.3, -0.25) is 0 Å². The van der Waals surface area contributed by atoms with Gasteiger partial charge in [-0.15, -0.1) is 0 Å². The van der Waals surface area contributed by atoms with E-state index in [9.17, 15) is 9.32 Å². The number of rotatable bonds is 4. The molecule has 0 fully saturated rings. The van der Waals surface area contributed by atoms with Crippen molar-refractivity contribution in [1.82, 2.24) is 0 Å². The topological polar surface area (TPSA) is 55.8 Å². The van der Waals surface area contributed by atoms with Crippen LogP contribution >= 0.6 is 0 Å². The molecule has 0 bridgehead atoms. The molecule has 0 aliphatic carbocycles. The number of hydrogen-bond acceptors (Lipinski definition) is 4. The van der Waals surface area contributed by atoms with Crippen LogP contribution in [-0.4, -0.2) is 16.4 Å². The van der Waals surface area contributed by atoms with E-state index in [4.69, 9.17) is 9.47 Å². The van der Waals surface area contributed by atoms with Gasteiger partial charge < -0.3 is 14.6 Å². The summed E-state index contributed by atoms with van der Waals surface area (Å²) in [6.45, 7) is 2.01. The lowest BCUT2D eigenvalue weighted by Gasteiger charge is -2.11. The Morgan fingerprint density at radius 2 is 1.56 bits per heavy atom. The fourth-order valence-electron chi connectivity index (χ4n) is 2.96. The summed E-state index contributed by atoms with van der Waals surface area (Å²) >= 11 is 0. The van der Waals surface area contributed by atoms with E-state index in [1.54, 1.807) is 37.4 Å². The number of aryl methyl sites for hydroxylation is 1. The molecule has 1 heterocycles. The average molecular weight is 378 g/mol. The molecule has 4 rings (SSSR count). The first kappa shape index (κ1) is 17.4. The fraction of sp³-hybridized carbons (Fsp3) is 0.0909. The van der Waals surface area contributed by atoms with Gasteiger partial charge in [0.25, 0.3) is 0 Å². The Labute approximate surface area is 160 Å².